The molecule has 0 bridgehead atoms. The maximum atomic E-state index is 12.0. The molecule has 1 aliphatic heterocycles. The molecule has 0 spiro atoms. The normalized spacial score (nSPS) is 19.2. The van der Waals surface area contributed by atoms with Crippen LogP contribution in [0, 0.1) is 0 Å². The van der Waals surface area contributed by atoms with Crippen LogP contribution in [0.3, 0.4) is 0 Å². The number of rotatable bonds is 8. The van der Waals surface area contributed by atoms with E-state index < -0.39 is 9.84 Å². The average molecular weight is 356 g/mol. The summed E-state index contributed by atoms with van der Waals surface area (Å²) < 4.78 is 28.2. The molecule has 1 atom stereocenters. The lowest BCUT2D eigenvalue weighted by molar-refractivity contribution is 0.0948. The van der Waals surface area contributed by atoms with Gasteiger partial charge in [-0.1, -0.05) is 0 Å². The molecule has 134 valence electrons. The van der Waals surface area contributed by atoms with Gasteiger partial charge in [0.2, 0.25) is 5.95 Å². The summed E-state index contributed by atoms with van der Waals surface area (Å²) in [5.74, 6) is 0.557. The third-order valence-electron chi connectivity index (χ3n) is 3.96. The fraction of sp³-hybridized carbons (Fsp3) is 0.667. The molecule has 9 heteroatoms. The van der Waals surface area contributed by atoms with Gasteiger partial charge in [0.1, 0.15) is 0 Å². The highest BCUT2D eigenvalue weighted by Crippen LogP contribution is 2.21. The zero-order valence-electron chi connectivity index (χ0n) is 14.1. The Kier molecular flexibility index (Phi) is 6.50. The van der Waals surface area contributed by atoms with Gasteiger partial charge in [-0.2, -0.15) is 0 Å². The minimum Gasteiger partial charge on any atom is -0.385 e. The molecule has 1 aromatic rings. The van der Waals surface area contributed by atoms with Crippen molar-refractivity contribution in [2.45, 2.75) is 25.8 Å². The van der Waals surface area contributed by atoms with Crippen molar-refractivity contribution < 1.29 is 17.9 Å². The topological polar surface area (TPSA) is 101 Å². The first-order chi connectivity index (χ1) is 11.5. The molecule has 1 saturated heterocycles. The minimum atomic E-state index is -2.97. The van der Waals surface area contributed by atoms with Gasteiger partial charge in [0, 0.05) is 45.2 Å². The van der Waals surface area contributed by atoms with E-state index in [2.05, 4.69) is 15.3 Å². The lowest BCUT2D eigenvalue weighted by Gasteiger charge is -2.26. The van der Waals surface area contributed by atoms with Crippen LogP contribution in [0.2, 0.25) is 0 Å². The minimum absolute atomic E-state index is 0.103. The van der Waals surface area contributed by atoms with Gasteiger partial charge in [-0.25, -0.2) is 18.4 Å². The van der Waals surface area contributed by atoms with Gasteiger partial charge in [0.15, 0.2) is 9.84 Å². The van der Waals surface area contributed by atoms with E-state index in [1.54, 1.807) is 7.11 Å². The Balaban J connectivity index is 1.98. The number of carbonyl (C=O) groups excluding carboxylic acids is 1. The predicted octanol–water partition coefficient (Wildman–Crippen LogP) is 0.256. The number of anilines is 1. The van der Waals surface area contributed by atoms with Crippen LogP contribution < -0.4 is 10.2 Å². The van der Waals surface area contributed by atoms with Crippen molar-refractivity contribution in [3.05, 3.63) is 18.0 Å². The number of sulfone groups is 1. The first-order valence-electron chi connectivity index (χ1n) is 8.03. The summed E-state index contributed by atoms with van der Waals surface area (Å²) in [6.07, 6.45) is 4.27. The van der Waals surface area contributed by atoms with Crippen LogP contribution >= 0.6 is 0 Å². The fourth-order valence-electron chi connectivity index (χ4n) is 2.69. The van der Waals surface area contributed by atoms with Crippen LogP contribution in [0.25, 0.3) is 0 Å². The highest BCUT2D eigenvalue weighted by molar-refractivity contribution is 7.91. The first-order valence-corrected chi connectivity index (χ1v) is 9.85. The Bertz CT molecular complexity index is 648. The second-order valence-corrected chi connectivity index (χ2v) is 7.95. The van der Waals surface area contributed by atoms with E-state index in [9.17, 15) is 13.2 Å². The maximum absolute atomic E-state index is 12.0. The Hall–Kier alpha value is -1.74. The van der Waals surface area contributed by atoms with Crippen molar-refractivity contribution in [2.24, 2.45) is 0 Å². The number of methoxy groups -OCH3 is 1. The quantitative estimate of drug-likeness (QED) is 0.667. The van der Waals surface area contributed by atoms with E-state index in [4.69, 9.17) is 4.74 Å². The Labute approximate surface area is 142 Å². The summed E-state index contributed by atoms with van der Waals surface area (Å²) in [5, 5.41) is 2.77. The number of nitrogens with zero attached hydrogens (tertiary/aromatic N) is 3. The third kappa shape index (κ3) is 4.88. The molecule has 0 aliphatic carbocycles. The van der Waals surface area contributed by atoms with Crippen molar-refractivity contribution in [3.8, 4) is 0 Å². The van der Waals surface area contributed by atoms with Crippen LogP contribution in [0.5, 0.6) is 0 Å². The van der Waals surface area contributed by atoms with E-state index in [1.807, 2.05) is 11.8 Å². The number of ether oxygens (including phenoxy) is 1. The lowest BCUT2D eigenvalue weighted by atomic mass is 10.2. The van der Waals surface area contributed by atoms with E-state index in [-0.39, 0.29) is 23.5 Å². The molecular formula is C15H24N4O4S. The molecular weight excluding hydrogens is 332 g/mol. The van der Waals surface area contributed by atoms with Gasteiger partial charge in [-0.05, 0) is 19.8 Å². The molecule has 1 N–H and O–H groups in total. The smallest absolute Gasteiger partial charge is 0.254 e. The SMILES string of the molecule is CCN(c1ncc(C(=O)NCCCOC)cn1)C1CCS(=O)(=O)C1. The van der Waals surface area contributed by atoms with Gasteiger partial charge in [-0.3, -0.25) is 4.79 Å². The second kappa shape index (κ2) is 8.39. The van der Waals surface area contributed by atoms with Gasteiger partial charge in [0.05, 0.1) is 17.1 Å². The van der Waals surface area contributed by atoms with Crippen molar-refractivity contribution >= 4 is 21.7 Å². The van der Waals surface area contributed by atoms with Crippen LogP contribution in [0.15, 0.2) is 12.4 Å². The van der Waals surface area contributed by atoms with Crippen molar-refractivity contribution in [1.29, 1.82) is 0 Å². The van der Waals surface area contributed by atoms with Crippen molar-refractivity contribution in [2.75, 3.05) is 43.2 Å². The van der Waals surface area contributed by atoms with E-state index in [1.165, 1.54) is 12.4 Å². The highest BCUT2D eigenvalue weighted by atomic mass is 32.2. The van der Waals surface area contributed by atoms with Gasteiger partial charge in [-0.15, -0.1) is 0 Å². The third-order valence-corrected chi connectivity index (χ3v) is 5.71. The largest absolute Gasteiger partial charge is 0.385 e. The molecule has 1 aliphatic rings. The summed E-state index contributed by atoms with van der Waals surface area (Å²) in [7, 11) is -1.35. The zero-order chi connectivity index (χ0) is 17.6. The van der Waals surface area contributed by atoms with Gasteiger partial charge >= 0.3 is 0 Å². The number of amides is 1. The molecule has 0 radical (unpaired) electrons. The Morgan fingerprint density at radius 3 is 2.67 bits per heavy atom. The van der Waals surface area contributed by atoms with E-state index in [0.717, 1.165) is 6.42 Å². The first kappa shape index (κ1) is 18.6. The summed E-state index contributed by atoms with van der Waals surface area (Å²) in [6, 6.07) is -0.103. The number of aromatic nitrogens is 2. The number of carbonyl (C=O) groups is 1. The summed E-state index contributed by atoms with van der Waals surface area (Å²) in [5.41, 5.74) is 0.381. The monoisotopic (exact) mass is 356 g/mol. The van der Waals surface area contributed by atoms with Crippen LogP contribution in [0.1, 0.15) is 30.1 Å². The number of hydrogen-bond donors (Lipinski definition) is 1. The van der Waals surface area contributed by atoms with Crippen LogP contribution in [0.4, 0.5) is 5.95 Å². The molecule has 1 amide bonds. The molecule has 8 nitrogen and oxygen atoms in total. The van der Waals surface area contributed by atoms with E-state index in [0.29, 0.717) is 37.6 Å². The molecule has 1 aromatic heterocycles. The second-order valence-electron chi connectivity index (χ2n) is 5.72. The summed E-state index contributed by atoms with van der Waals surface area (Å²) >= 11 is 0. The summed E-state index contributed by atoms with van der Waals surface area (Å²) in [6.45, 7) is 3.66. The summed E-state index contributed by atoms with van der Waals surface area (Å²) in [4.78, 5) is 22.3. The maximum Gasteiger partial charge on any atom is 0.254 e. The number of nitrogens with one attached hydrogen (secondary N) is 1. The molecule has 1 unspecified atom stereocenters. The average Bonchev–Trinajstić information content (AvgIpc) is 2.92. The molecule has 0 saturated carbocycles. The number of hydrogen-bond acceptors (Lipinski definition) is 7. The lowest BCUT2D eigenvalue weighted by Crippen LogP contribution is -2.37. The van der Waals surface area contributed by atoms with Crippen LogP contribution in [-0.4, -0.2) is 68.6 Å². The predicted molar refractivity (Wildman–Crippen MR) is 90.9 cm³/mol. The molecule has 2 heterocycles. The Morgan fingerprint density at radius 1 is 1.42 bits per heavy atom. The highest BCUT2D eigenvalue weighted by Gasteiger charge is 2.32. The molecule has 2 rings (SSSR count). The fourth-order valence-corrected chi connectivity index (χ4v) is 4.42. The van der Waals surface area contributed by atoms with Crippen LogP contribution in [-0.2, 0) is 14.6 Å². The molecule has 0 aromatic carbocycles. The van der Waals surface area contributed by atoms with Crippen molar-refractivity contribution in [1.82, 2.24) is 15.3 Å². The van der Waals surface area contributed by atoms with Crippen molar-refractivity contribution in [3.63, 3.8) is 0 Å². The standard InChI is InChI=1S/C15H24N4O4S/c1-3-19(13-5-8-24(21,22)11-13)15-17-9-12(10-18-15)14(20)16-6-4-7-23-2/h9-10,13H,3-8,11H2,1-2H3,(H,16,20). The van der Waals surface area contributed by atoms with Gasteiger partial charge in [0.25, 0.3) is 5.91 Å². The zero-order valence-corrected chi connectivity index (χ0v) is 14.9. The Morgan fingerprint density at radius 2 is 2.12 bits per heavy atom. The van der Waals surface area contributed by atoms with Gasteiger partial charge < -0.3 is 15.0 Å². The molecule has 1 fully saturated rings. The molecule has 24 heavy (non-hydrogen) atoms. The van der Waals surface area contributed by atoms with E-state index >= 15 is 0 Å².